The smallest absolute Gasteiger partial charge is 0.244 e. The van der Waals surface area contributed by atoms with E-state index in [1.165, 1.54) is 11.1 Å². The number of unbranched alkanes of at least 4 members (excludes halogenated alkanes) is 1. The molecule has 0 unspecified atom stereocenters. The Hall–Kier alpha value is -2.13. The average molecular weight is 370 g/mol. The Morgan fingerprint density at radius 1 is 1.22 bits per heavy atom. The second-order valence-electron chi connectivity index (χ2n) is 7.80. The summed E-state index contributed by atoms with van der Waals surface area (Å²) in [6, 6.07) is 0. The molecule has 1 aliphatic carbocycles. The summed E-state index contributed by atoms with van der Waals surface area (Å²) in [7, 11) is 0. The topological polar surface area (TPSA) is 49.3 Å². The molecule has 0 spiro atoms. The van der Waals surface area contributed by atoms with Crippen molar-refractivity contribution in [2.24, 2.45) is 5.41 Å². The number of hydrogen-bond donors (Lipinski definition) is 2. The first-order valence-electron chi connectivity index (χ1n) is 9.74. The van der Waals surface area contributed by atoms with Crippen LogP contribution >= 0.6 is 0 Å². The van der Waals surface area contributed by atoms with Crippen LogP contribution in [0.3, 0.4) is 0 Å². The Morgan fingerprint density at radius 2 is 1.96 bits per heavy atom. The van der Waals surface area contributed by atoms with Crippen LogP contribution in [0.25, 0.3) is 0 Å². The molecule has 2 N–H and O–H groups in total. The van der Waals surface area contributed by atoms with Gasteiger partial charge in [0.1, 0.15) is 0 Å². The quantitative estimate of drug-likeness (QED) is 0.334. The van der Waals surface area contributed by atoms with Crippen LogP contribution in [0.5, 0.6) is 0 Å². The van der Waals surface area contributed by atoms with E-state index in [-0.39, 0.29) is 17.9 Å². The molecule has 0 aromatic carbocycles. The molecule has 0 saturated carbocycles. The van der Waals surface area contributed by atoms with E-state index in [9.17, 15) is 4.79 Å². The molecule has 0 aromatic rings. The van der Waals surface area contributed by atoms with Gasteiger partial charge in [-0.05, 0) is 62.2 Å². The Kier molecular flexibility index (Phi) is 9.81. The number of rotatable bonds is 9. The lowest BCUT2D eigenvalue weighted by Crippen LogP contribution is -2.22. The van der Waals surface area contributed by atoms with Gasteiger partial charge in [0.25, 0.3) is 0 Å². The van der Waals surface area contributed by atoms with E-state index in [1.54, 1.807) is 6.08 Å². The van der Waals surface area contributed by atoms with Crippen LogP contribution in [0.1, 0.15) is 53.9 Å². The summed E-state index contributed by atoms with van der Waals surface area (Å²) in [6.45, 7) is 11.5. The molecule has 1 rings (SSSR count). The van der Waals surface area contributed by atoms with Gasteiger partial charge in [-0.1, -0.05) is 62.0 Å². The first-order chi connectivity index (χ1) is 12.8. The first-order valence-corrected chi connectivity index (χ1v) is 9.74. The molecule has 0 bridgehead atoms. The van der Waals surface area contributed by atoms with Gasteiger partial charge in [-0.25, -0.2) is 0 Å². The number of amides is 1. The lowest BCUT2D eigenvalue weighted by atomic mass is 9.75. The van der Waals surface area contributed by atoms with E-state index in [0.717, 1.165) is 24.0 Å². The summed E-state index contributed by atoms with van der Waals surface area (Å²) >= 11 is 0. The fourth-order valence-electron chi connectivity index (χ4n) is 3.00. The molecule has 0 fully saturated rings. The normalized spacial score (nSPS) is 18.0. The molecule has 0 aliphatic heterocycles. The minimum absolute atomic E-state index is 0.0920. The van der Waals surface area contributed by atoms with E-state index in [2.05, 4.69) is 63.4 Å². The highest BCUT2D eigenvalue weighted by Gasteiger charge is 2.23. The highest BCUT2D eigenvalue weighted by Crippen LogP contribution is 2.37. The number of nitrogens with one attached hydrogen (secondary N) is 1. The maximum atomic E-state index is 11.8. The van der Waals surface area contributed by atoms with Crippen molar-refractivity contribution in [1.29, 1.82) is 0 Å². The maximum Gasteiger partial charge on any atom is 0.244 e. The highest BCUT2D eigenvalue weighted by molar-refractivity contribution is 5.88. The molecule has 0 aromatic heterocycles. The van der Waals surface area contributed by atoms with Crippen molar-refractivity contribution in [3.8, 4) is 0 Å². The van der Waals surface area contributed by atoms with Crippen molar-refractivity contribution in [2.75, 3.05) is 13.2 Å². The number of aliphatic hydroxyl groups is 1. The zero-order valence-corrected chi connectivity index (χ0v) is 17.5. The number of hydrogen-bond acceptors (Lipinski definition) is 2. The minimum Gasteiger partial charge on any atom is -0.396 e. The summed E-state index contributed by atoms with van der Waals surface area (Å²) in [5, 5.41) is 11.5. The average Bonchev–Trinajstić information content (AvgIpc) is 2.57. The van der Waals surface area contributed by atoms with Gasteiger partial charge in [-0.3, -0.25) is 4.79 Å². The second-order valence-corrected chi connectivity index (χ2v) is 7.80. The van der Waals surface area contributed by atoms with Crippen molar-refractivity contribution >= 4 is 5.91 Å². The van der Waals surface area contributed by atoms with Gasteiger partial charge < -0.3 is 10.4 Å². The molecule has 0 saturated heterocycles. The van der Waals surface area contributed by atoms with Crippen LogP contribution in [0, 0.1) is 5.41 Å². The molecule has 1 aliphatic rings. The van der Waals surface area contributed by atoms with Gasteiger partial charge in [0.2, 0.25) is 5.91 Å². The third-order valence-corrected chi connectivity index (χ3v) is 4.62. The Balaban J connectivity index is 2.61. The van der Waals surface area contributed by atoms with Gasteiger partial charge in [0, 0.05) is 19.2 Å². The van der Waals surface area contributed by atoms with Gasteiger partial charge in [-0.15, -0.1) is 0 Å². The molecule has 1 amide bonds. The molecule has 27 heavy (non-hydrogen) atoms. The summed E-state index contributed by atoms with van der Waals surface area (Å²) in [6.07, 6.45) is 18.9. The van der Waals surface area contributed by atoms with Crippen molar-refractivity contribution in [3.63, 3.8) is 0 Å². The van der Waals surface area contributed by atoms with Crippen LogP contribution in [-0.2, 0) is 4.79 Å². The fourth-order valence-corrected chi connectivity index (χ4v) is 3.00. The predicted octanol–water partition coefficient (Wildman–Crippen LogP) is 5.18. The van der Waals surface area contributed by atoms with Crippen molar-refractivity contribution < 1.29 is 9.90 Å². The fraction of sp³-hybridized carbons (Fsp3) is 0.458. The minimum atomic E-state index is -0.0920. The standard InChI is InChI=1S/C24H35NO2/c1-19(13-14-22-21(3)12-9-15-24(22,4)5)10-8-11-20(2)18-23(27)25-16-6-7-17-26/h8-14,18,26H,6-7,15-17H2,1-5H3,(H,25,27). The highest BCUT2D eigenvalue weighted by atomic mass is 16.2. The molecule has 0 radical (unpaired) electrons. The van der Waals surface area contributed by atoms with Gasteiger partial charge in [0.15, 0.2) is 0 Å². The van der Waals surface area contributed by atoms with Gasteiger partial charge in [0.05, 0.1) is 0 Å². The first kappa shape index (κ1) is 22.9. The molecule has 148 valence electrons. The molecular weight excluding hydrogens is 334 g/mol. The third-order valence-electron chi connectivity index (χ3n) is 4.62. The zero-order valence-electron chi connectivity index (χ0n) is 17.5. The molecule has 0 heterocycles. The van der Waals surface area contributed by atoms with Crippen molar-refractivity contribution in [1.82, 2.24) is 5.32 Å². The van der Waals surface area contributed by atoms with Crippen molar-refractivity contribution in [3.05, 3.63) is 70.9 Å². The second kappa shape index (κ2) is 11.6. The van der Waals surface area contributed by atoms with E-state index in [0.29, 0.717) is 13.0 Å². The molecule has 3 heteroatoms. The Morgan fingerprint density at radius 3 is 2.63 bits per heavy atom. The molecular formula is C24H35NO2. The third kappa shape index (κ3) is 8.87. The lowest BCUT2D eigenvalue weighted by Gasteiger charge is -2.29. The van der Waals surface area contributed by atoms with Gasteiger partial charge >= 0.3 is 0 Å². The molecule has 3 nitrogen and oxygen atoms in total. The lowest BCUT2D eigenvalue weighted by molar-refractivity contribution is -0.116. The number of allylic oxidation sites excluding steroid dienone is 11. The largest absolute Gasteiger partial charge is 0.396 e. The predicted molar refractivity (Wildman–Crippen MR) is 115 cm³/mol. The van der Waals surface area contributed by atoms with Crippen LogP contribution < -0.4 is 5.32 Å². The SMILES string of the molecule is CC(C=CC1=C(C)C=CCC1(C)C)=CC=CC(C)=CC(=O)NCCCCO. The van der Waals surface area contributed by atoms with Gasteiger partial charge in [-0.2, -0.15) is 0 Å². The molecule has 0 atom stereocenters. The number of aliphatic hydroxyl groups excluding tert-OH is 1. The summed E-state index contributed by atoms with van der Waals surface area (Å²) in [4.78, 5) is 11.8. The Bertz CT molecular complexity index is 685. The van der Waals surface area contributed by atoms with E-state index in [1.807, 2.05) is 19.1 Å². The zero-order chi connectivity index (χ0) is 20.3. The van der Waals surface area contributed by atoms with E-state index < -0.39 is 0 Å². The van der Waals surface area contributed by atoms with E-state index in [4.69, 9.17) is 5.11 Å². The number of carbonyl (C=O) groups is 1. The Labute approximate surface area is 164 Å². The van der Waals surface area contributed by atoms with Crippen molar-refractivity contribution in [2.45, 2.75) is 53.9 Å². The summed E-state index contributed by atoms with van der Waals surface area (Å²) in [5.74, 6) is -0.0920. The van der Waals surface area contributed by atoms with E-state index >= 15 is 0 Å². The van der Waals surface area contributed by atoms with Crippen LogP contribution in [0.4, 0.5) is 0 Å². The number of carbonyl (C=O) groups excluding carboxylic acids is 1. The van der Waals surface area contributed by atoms with Crippen LogP contribution in [0.15, 0.2) is 70.9 Å². The van der Waals surface area contributed by atoms with Crippen LogP contribution in [0.2, 0.25) is 0 Å². The monoisotopic (exact) mass is 369 g/mol. The maximum absolute atomic E-state index is 11.8. The van der Waals surface area contributed by atoms with Crippen LogP contribution in [-0.4, -0.2) is 24.2 Å². The summed E-state index contributed by atoms with van der Waals surface area (Å²) < 4.78 is 0. The summed E-state index contributed by atoms with van der Waals surface area (Å²) in [5.41, 5.74) is 4.96.